The van der Waals surface area contributed by atoms with Gasteiger partial charge in [-0.3, -0.25) is 9.59 Å². The van der Waals surface area contributed by atoms with Crippen LogP contribution in [0.4, 0.5) is 0 Å². The average molecular weight is 391 g/mol. The number of ether oxygens (including phenoxy) is 1. The molecule has 2 heterocycles. The summed E-state index contributed by atoms with van der Waals surface area (Å²) in [5.41, 5.74) is 1.78. The first kappa shape index (κ1) is 19.2. The molecule has 1 aliphatic heterocycles. The van der Waals surface area contributed by atoms with Crippen LogP contribution in [-0.4, -0.2) is 42.5 Å². The maximum atomic E-state index is 13.2. The van der Waals surface area contributed by atoms with E-state index in [4.69, 9.17) is 4.74 Å². The first-order valence-corrected chi connectivity index (χ1v) is 9.93. The number of benzene rings is 2. The van der Waals surface area contributed by atoms with E-state index in [0.717, 1.165) is 36.3 Å². The predicted octanol–water partition coefficient (Wildman–Crippen LogP) is 3.10. The Hall–Kier alpha value is -3.12. The van der Waals surface area contributed by atoms with Gasteiger partial charge in [-0.2, -0.15) is 0 Å². The number of carbonyl (C=O) groups excluding carboxylic acids is 1. The number of likely N-dealkylation sites (tertiary alicyclic amines) is 1. The van der Waals surface area contributed by atoms with Gasteiger partial charge in [0.15, 0.2) is 0 Å². The first-order valence-electron chi connectivity index (χ1n) is 9.93. The van der Waals surface area contributed by atoms with Gasteiger partial charge >= 0.3 is 0 Å². The molecule has 1 aliphatic rings. The molecule has 4 rings (SSSR count). The quantitative estimate of drug-likeness (QED) is 0.677. The monoisotopic (exact) mass is 391 g/mol. The fourth-order valence-corrected chi connectivity index (χ4v) is 3.92. The molecule has 1 atom stereocenters. The average Bonchev–Trinajstić information content (AvgIpc) is 3.26. The van der Waals surface area contributed by atoms with Crippen molar-refractivity contribution < 1.29 is 9.53 Å². The second-order valence-electron chi connectivity index (χ2n) is 7.40. The number of hydrogen-bond acceptors (Lipinski definition) is 4. The number of rotatable bonds is 6. The van der Waals surface area contributed by atoms with Crippen molar-refractivity contribution in [3.05, 3.63) is 76.1 Å². The van der Waals surface area contributed by atoms with Crippen LogP contribution in [0, 0.1) is 0 Å². The zero-order valence-corrected chi connectivity index (χ0v) is 16.5. The van der Waals surface area contributed by atoms with Crippen molar-refractivity contribution in [3.8, 4) is 5.75 Å². The van der Waals surface area contributed by atoms with Crippen molar-refractivity contribution >= 4 is 16.8 Å². The number of methoxy groups -OCH3 is 1. The number of amides is 1. The molecule has 0 bridgehead atoms. The Morgan fingerprint density at radius 2 is 1.86 bits per heavy atom. The molecule has 1 fully saturated rings. The van der Waals surface area contributed by atoms with Crippen LogP contribution in [0.2, 0.25) is 0 Å². The lowest BCUT2D eigenvalue weighted by molar-refractivity contribution is 0.0928. The molecule has 0 aliphatic carbocycles. The third kappa shape index (κ3) is 4.32. The Labute approximate surface area is 169 Å². The molecule has 150 valence electrons. The zero-order valence-electron chi connectivity index (χ0n) is 16.5. The number of pyridine rings is 1. The summed E-state index contributed by atoms with van der Waals surface area (Å²) in [6.45, 7) is 2.81. The Morgan fingerprint density at radius 3 is 2.59 bits per heavy atom. The minimum atomic E-state index is -0.283. The van der Waals surface area contributed by atoms with Gasteiger partial charge in [-0.25, -0.2) is 0 Å². The summed E-state index contributed by atoms with van der Waals surface area (Å²) in [5.74, 6) is 0.535. The third-order valence-corrected chi connectivity index (χ3v) is 5.46. The number of nitrogens with one attached hydrogen (secondary N) is 2. The highest BCUT2D eigenvalue weighted by Crippen LogP contribution is 2.22. The molecule has 6 nitrogen and oxygen atoms in total. The van der Waals surface area contributed by atoms with Crippen LogP contribution in [-0.2, 0) is 0 Å². The highest BCUT2D eigenvalue weighted by atomic mass is 16.5. The van der Waals surface area contributed by atoms with Crippen LogP contribution >= 0.6 is 0 Å². The van der Waals surface area contributed by atoms with Gasteiger partial charge in [0.05, 0.1) is 18.7 Å². The van der Waals surface area contributed by atoms with Crippen molar-refractivity contribution in [2.45, 2.75) is 18.9 Å². The number of carbonyl (C=O) groups is 1. The number of aromatic nitrogens is 1. The Bertz CT molecular complexity index is 1050. The molecule has 1 aromatic heterocycles. The molecule has 3 aromatic rings. The summed E-state index contributed by atoms with van der Waals surface area (Å²) < 4.78 is 5.26. The minimum absolute atomic E-state index is 0.176. The fraction of sp³-hybridized carbons (Fsp3) is 0.304. The van der Waals surface area contributed by atoms with Gasteiger partial charge in [-0.05, 0) is 49.7 Å². The van der Waals surface area contributed by atoms with Crippen LogP contribution in [0.1, 0.15) is 34.8 Å². The van der Waals surface area contributed by atoms with Gasteiger partial charge in [0.1, 0.15) is 5.75 Å². The minimum Gasteiger partial charge on any atom is -0.497 e. The number of aromatic amines is 1. The standard InChI is InChI=1S/C23H25N3O3/c1-29-17-10-8-16(9-11-17)21(15-26-12-4-5-13-26)25-23(28)19-14-22(27)24-20-7-3-2-6-18(19)20/h2-3,6-11,14,21H,4-5,12-13,15H2,1H3,(H,24,27)(H,25,28)/t21-/m1/s1. The summed E-state index contributed by atoms with van der Waals surface area (Å²) in [5, 5.41) is 3.89. The van der Waals surface area contributed by atoms with Gasteiger partial charge in [-0.1, -0.05) is 30.3 Å². The first-order chi connectivity index (χ1) is 14.1. The van der Waals surface area contributed by atoms with Crippen LogP contribution in [0.5, 0.6) is 5.75 Å². The Kier molecular flexibility index (Phi) is 5.62. The van der Waals surface area contributed by atoms with Crippen LogP contribution in [0.15, 0.2) is 59.4 Å². The summed E-state index contributed by atoms with van der Waals surface area (Å²) in [7, 11) is 1.64. The second kappa shape index (κ2) is 8.49. The number of hydrogen-bond donors (Lipinski definition) is 2. The molecule has 2 N–H and O–H groups in total. The normalized spacial score (nSPS) is 15.3. The van der Waals surface area contributed by atoms with Crippen molar-refractivity contribution in [1.29, 1.82) is 0 Å². The number of H-pyrrole nitrogens is 1. The van der Waals surface area contributed by atoms with Gasteiger partial charge in [0.2, 0.25) is 5.56 Å². The highest BCUT2D eigenvalue weighted by Gasteiger charge is 2.22. The van der Waals surface area contributed by atoms with E-state index >= 15 is 0 Å². The van der Waals surface area contributed by atoms with Crippen molar-refractivity contribution in [1.82, 2.24) is 15.2 Å². The molecule has 1 saturated heterocycles. The molecule has 0 spiro atoms. The maximum Gasteiger partial charge on any atom is 0.252 e. The largest absolute Gasteiger partial charge is 0.497 e. The molecule has 0 saturated carbocycles. The lowest BCUT2D eigenvalue weighted by Gasteiger charge is -2.25. The number of para-hydroxylation sites is 1. The number of nitrogens with zero attached hydrogens (tertiary/aromatic N) is 1. The highest BCUT2D eigenvalue weighted by molar-refractivity contribution is 6.06. The summed E-state index contributed by atoms with van der Waals surface area (Å²) in [4.78, 5) is 30.4. The van der Waals surface area contributed by atoms with Crippen LogP contribution in [0.25, 0.3) is 10.9 Å². The van der Waals surface area contributed by atoms with E-state index in [0.29, 0.717) is 11.1 Å². The van der Waals surface area contributed by atoms with Crippen LogP contribution < -0.4 is 15.6 Å². The summed E-state index contributed by atoms with van der Waals surface area (Å²) >= 11 is 0. The smallest absolute Gasteiger partial charge is 0.252 e. The molecular weight excluding hydrogens is 366 g/mol. The lowest BCUT2D eigenvalue weighted by Crippen LogP contribution is -2.37. The molecule has 6 heteroatoms. The topological polar surface area (TPSA) is 74.4 Å². The zero-order chi connectivity index (χ0) is 20.2. The third-order valence-electron chi connectivity index (χ3n) is 5.46. The van der Waals surface area contributed by atoms with E-state index < -0.39 is 0 Å². The predicted molar refractivity (Wildman–Crippen MR) is 113 cm³/mol. The van der Waals surface area contributed by atoms with Gasteiger partial charge in [0, 0.05) is 23.5 Å². The molecule has 29 heavy (non-hydrogen) atoms. The SMILES string of the molecule is COc1ccc([C@@H](CN2CCCC2)NC(=O)c2cc(=O)[nH]c3ccccc23)cc1. The summed E-state index contributed by atoms with van der Waals surface area (Å²) in [6.07, 6.45) is 2.37. The molecule has 2 aromatic carbocycles. The van der Waals surface area contributed by atoms with Crippen molar-refractivity contribution in [2.24, 2.45) is 0 Å². The van der Waals surface area contributed by atoms with E-state index in [1.807, 2.05) is 42.5 Å². The van der Waals surface area contributed by atoms with E-state index in [-0.39, 0.29) is 17.5 Å². The second-order valence-corrected chi connectivity index (χ2v) is 7.40. The maximum absolute atomic E-state index is 13.2. The molecule has 0 unspecified atom stereocenters. The molecule has 1 amide bonds. The van der Waals surface area contributed by atoms with E-state index in [1.165, 1.54) is 18.9 Å². The summed E-state index contributed by atoms with van der Waals surface area (Å²) in [6, 6.07) is 16.3. The van der Waals surface area contributed by atoms with Crippen LogP contribution in [0.3, 0.4) is 0 Å². The van der Waals surface area contributed by atoms with E-state index in [1.54, 1.807) is 13.2 Å². The van der Waals surface area contributed by atoms with Gasteiger partial charge in [-0.15, -0.1) is 0 Å². The van der Waals surface area contributed by atoms with Gasteiger partial charge < -0.3 is 19.9 Å². The van der Waals surface area contributed by atoms with E-state index in [2.05, 4.69) is 15.2 Å². The van der Waals surface area contributed by atoms with Gasteiger partial charge in [0.25, 0.3) is 5.91 Å². The van der Waals surface area contributed by atoms with Crippen molar-refractivity contribution in [3.63, 3.8) is 0 Å². The lowest BCUT2D eigenvalue weighted by atomic mass is 10.0. The van der Waals surface area contributed by atoms with Crippen molar-refractivity contribution in [2.75, 3.05) is 26.7 Å². The molecule has 0 radical (unpaired) electrons. The van der Waals surface area contributed by atoms with E-state index in [9.17, 15) is 9.59 Å². The Morgan fingerprint density at radius 1 is 1.14 bits per heavy atom. The molecular formula is C23H25N3O3. The number of fused-ring (bicyclic) bond motifs is 1. The fourth-order valence-electron chi connectivity index (χ4n) is 3.92. The Balaban J connectivity index is 1.64.